The van der Waals surface area contributed by atoms with Gasteiger partial charge in [-0.3, -0.25) is 4.79 Å². The summed E-state index contributed by atoms with van der Waals surface area (Å²) in [5.74, 6) is 2.24. The van der Waals surface area contributed by atoms with Gasteiger partial charge in [-0.1, -0.05) is 23.4 Å². The first-order valence-corrected chi connectivity index (χ1v) is 10.0. The maximum Gasteiger partial charge on any atom is 0.338 e. The van der Waals surface area contributed by atoms with Crippen LogP contribution in [-0.2, 0) is 21.7 Å². The van der Waals surface area contributed by atoms with Crippen LogP contribution in [0.3, 0.4) is 0 Å². The van der Waals surface area contributed by atoms with Crippen molar-refractivity contribution in [3.05, 3.63) is 47.1 Å². The highest BCUT2D eigenvalue weighted by atomic mass is 32.2. The van der Waals surface area contributed by atoms with E-state index in [2.05, 4.69) is 10.1 Å². The van der Waals surface area contributed by atoms with Crippen LogP contribution in [0.1, 0.15) is 34.1 Å². The van der Waals surface area contributed by atoms with E-state index in [1.807, 2.05) is 23.1 Å². The summed E-state index contributed by atoms with van der Waals surface area (Å²) in [6, 6.07) is 7.51. The van der Waals surface area contributed by atoms with Crippen LogP contribution in [0.4, 0.5) is 0 Å². The van der Waals surface area contributed by atoms with Crippen molar-refractivity contribution in [2.45, 2.75) is 25.5 Å². The zero-order chi connectivity index (χ0) is 19.2. The fourth-order valence-electron chi connectivity index (χ4n) is 3.26. The van der Waals surface area contributed by atoms with E-state index in [1.165, 1.54) is 18.9 Å². The lowest BCUT2D eigenvalue weighted by Gasteiger charge is -2.17. The first kappa shape index (κ1) is 19.4. The molecule has 0 aliphatic carbocycles. The van der Waals surface area contributed by atoms with E-state index in [1.54, 1.807) is 13.0 Å². The smallest absolute Gasteiger partial charge is 0.338 e. The van der Waals surface area contributed by atoms with Crippen LogP contribution in [0.25, 0.3) is 0 Å². The maximum absolute atomic E-state index is 12.4. The van der Waals surface area contributed by atoms with E-state index in [0.717, 1.165) is 24.9 Å². The molecule has 1 aliphatic rings. The van der Waals surface area contributed by atoms with Crippen molar-refractivity contribution in [3.8, 4) is 0 Å². The third-order valence-electron chi connectivity index (χ3n) is 4.59. The maximum atomic E-state index is 12.4. The second-order valence-corrected chi connectivity index (χ2v) is 7.56. The Balaban J connectivity index is 1.48. The summed E-state index contributed by atoms with van der Waals surface area (Å²) in [6.07, 6.45) is 1.71. The van der Waals surface area contributed by atoms with Gasteiger partial charge in [-0.25, -0.2) is 4.79 Å². The number of carbonyl (C=O) groups is 2. The Kier molecular flexibility index (Phi) is 6.49. The number of likely N-dealkylation sites (tertiary alicyclic amines) is 1. The summed E-state index contributed by atoms with van der Waals surface area (Å²) in [4.78, 5) is 30.4. The molecule has 1 aromatic carbocycles. The van der Waals surface area contributed by atoms with Crippen molar-refractivity contribution in [2.24, 2.45) is 5.92 Å². The Hall–Kier alpha value is -2.35. The number of esters is 1. The van der Waals surface area contributed by atoms with Gasteiger partial charge in [0.2, 0.25) is 11.8 Å². The number of benzene rings is 1. The van der Waals surface area contributed by atoms with E-state index < -0.39 is 0 Å². The van der Waals surface area contributed by atoms with Crippen LogP contribution in [-0.4, -0.2) is 52.9 Å². The monoisotopic (exact) mass is 389 g/mol. The summed E-state index contributed by atoms with van der Waals surface area (Å²) in [6.45, 7) is 3.24. The Morgan fingerprint density at radius 2 is 2.19 bits per heavy atom. The van der Waals surface area contributed by atoms with Gasteiger partial charge in [0.25, 0.3) is 0 Å². The molecule has 3 rings (SSSR count). The van der Waals surface area contributed by atoms with Crippen LogP contribution in [0.5, 0.6) is 0 Å². The predicted molar refractivity (Wildman–Crippen MR) is 101 cm³/mol. The molecular formula is C19H23N3O4S. The van der Waals surface area contributed by atoms with E-state index in [0.29, 0.717) is 41.2 Å². The lowest BCUT2D eigenvalue weighted by molar-refractivity contribution is -0.127. The molecule has 1 aromatic heterocycles. The van der Waals surface area contributed by atoms with Gasteiger partial charge >= 0.3 is 5.97 Å². The van der Waals surface area contributed by atoms with Crippen LogP contribution >= 0.6 is 11.8 Å². The van der Waals surface area contributed by atoms with Crippen molar-refractivity contribution in [2.75, 3.05) is 26.0 Å². The van der Waals surface area contributed by atoms with Crippen LogP contribution in [0, 0.1) is 12.8 Å². The Morgan fingerprint density at radius 1 is 1.37 bits per heavy atom. The molecule has 2 heterocycles. The third kappa shape index (κ3) is 5.09. The number of carbonyl (C=O) groups excluding carboxylic acids is 2. The Bertz CT molecular complexity index is 808. The Labute approximate surface area is 162 Å². The number of ether oxygens (including phenoxy) is 1. The molecule has 1 amide bonds. The molecule has 7 nitrogen and oxygen atoms in total. The highest BCUT2D eigenvalue weighted by Gasteiger charge is 2.27. The number of nitrogens with zero attached hydrogens (tertiary/aromatic N) is 3. The van der Waals surface area contributed by atoms with Gasteiger partial charge in [-0.15, -0.1) is 11.8 Å². The van der Waals surface area contributed by atoms with E-state index >= 15 is 0 Å². The van der Waals surface area contributed by atoms with Crippen LogP contribution in [0.15, 0.2) is 28.8 Å². The summed E-state index contributed by atoms with van der Waals surface area (Å²) in [7, 11) is 1.39. The number of hydrogen-bond acceptors (Lipinski definition) is 7. The second kappa shape index (κ2) is 9.03. The van der Waals surface area contributed by atoms with Crippen molar-refractivity contribution >= 4 is 23.6 Å². The molecule has 0 N–H and O–H groups in total. The van der Waals surface area contributed by atoms with Crippen molar-refractivity contribution in [1.29, 1.82) is 0 Å². The number of amides is 1. The van der Waals surface area contributed by atoms with Crippen molar-refractivity contribution in [3.63, 3.8) is 0 Å². The minimum absolute atomic E-state index is 0.125. The first-order chi connectivity index (χ1) is 13.1. The van der Waals surface area contributed by atoms with E-state index in [-0.39, 0.29) is 11.9 Å². The fraction of sp³-hybridized carbons (Fsp3) is 0.474. The number of aryl methyl sites for hydroxylation is 1. The number of rotatable bonds is 7. The highest BCUT2D eigenvalue weighted by Crippen LogP contribution is 2.24. The molecule has 2 aromatic rings. The molecule has 27 heavy (non-hydrogen) atoms. The minimum atomic E-state index is -0.316. The molecule has 1 saturated heterocycles. The molecule has 0 spiro atoms. The normalized spacial score (nSPS) is 16.5. The zero-order valence-corrected chi connectivity index (χ0v) is 16.3. The molecule has 0 bridgehead atoms. The van der Waals surface area contributed by atoms with Crippen molar-refractivity contribution < 1.29 is 18.8 Å². The van der Waals surface area contributed by atoms with Gasteiger partial charge in [-0.05, 0) is 37.3 Å². The quantitative estimate of drug-likeness (QED) is 0.673. The molecule has 1 unspecified atom stereocenters. The van der Waals surface area contributed by atoms with Gasteiger partial charge in [0.1, 0.15) is 0 Å². The number of hydrogen-bond donors (Lipinski definition) is 0. The molecule has 8 heteroatoms. The van der Waals surface area contributed by atoms with Crippen LogP contribution < -0.4 is 0 Å². The van der Waals surface area contributed by atoms with Gasteiger partial charge in [0.15, 0.2) is 5.82 Å². The molecule has 1 atom stereocenters. The summed E-state index contributed by atoms with van der Waals surface area (Å²) in [5, 5.41) is 3.74. The third-order valence-corrected chi connectivity index (χ3v) is 5.49. The molecular weight excluding hydrogens is 366 g/mol. The van der Waals surface area contributed by atoms with Gasteiger partial charge in [-0.2, -0.15) is 4.98 Å². The first-order valence-electron chi connectivity index (χ1n) is 8.87. The fourth-order valence-corrected chi connectivity index (χ4v) is 4.01. The molecule has 0 radical (unpaired) electrons. The van der Waals surface area contributed by atoms with Gasteiger partial charge in [0, 0.05) is 13.1 Å². The molecule has 0 saturated carbocycles. The predicted octanol–water partition coefficient (Wildman–Crippen LogP) is 2.49. The topological polar surface area (TPSA) is 85.5 Å². The minimum Gasteiger partial charge on any atom is -0.465 e. The SMILES string of the molecule is COC(=O)c1ccccc1CC1CCN(C(=O)CSCc2nc(C)no2)C1. The van der Waals surface area contributed by atoms with Crippen LogP contribution in [0.2, 0.25) is 0 Å². The summed E-state index contributed by atoms with van der Waals surface area (Å²) >= 11 is 1.48. The zero-order valence-electron chi connectivity index (χ0n) is 15.5. The molecule has 144 valence electrons. The van der Waals surface area contributed by atoms with E-state index in [4.69, 9.17) is 9.26 Å². The lowest BCUT2D eigenvalue weighted by Crippen LogP contribution is -2.30. The number of aromatic nitrogens is 2. The largest absolute Gasteiger partial charge is 0.465 e. The second-order valence-electron chi connectivity index (χ2n) is 6.58. The number of methoxy groups -OCH3 is 1. The van der Waals surface area contributed by atoms with Crippen molar-refractivity contribution in [1.82, 2.24) is 15.0 Å². The summed E-state index contributed by atoms with van der Waals surface area (Å²) < 4.78 is 9.91. The van der Waals surface area contributed by atoms with Gasteiger partial charge < -0.3 is 14.2 Å². The summed E-state index contributed by atoms with van der Waals surface area (Å²) in [5.41, 5.74) is 1.58. The van der Waals surface area contributed by atoms with E-state index in [9.17, 15) is 9.59 Å². The Morgan fingerprint density at radius 3 is 2.93 bits per heavy atom. The standard InChI is InChI=1S/C19H23N3O4S/c1-13-20-17(26-21-13)11-27-12-18(23)22-8-7-14(10-22)9-15-5-3-4-6-16(15)19(24)25-2/h3-6,14H,7-12H2,1-2H3. The highest BCUT2D eigenvalue weighted by molar-refractivity contribution is 7.99. The average molecular weight is 389 g/mol. The van der Waals surface area contributed by atoms with Gasteiger partial charge in [0.05, 0.1) is 24.2 Å². The number of thioether (sulfide) groups is 1. The molecule has 1 fully saturated rings. The lowest BCUT2D eigenvalue weighted by atomic mass is 9.95. The molecule has 1 aliphatic heterocycles. The average Bonchev–Trinajstić information content (AvgIpc) is 3.30.